The van der Waals surface area contributed by atoms with Gasteiger partial charge < -0.3 is 18.8 Å². The molecule has 21 heavy (non-hydrogen) atoms. The lowest BCUT2D eigenvalue weighted by Gasteiger charge is -2.36. The summed E-state index contributed by atoms with van der Waals surface area (Å²) in [7, 11) is 0. The van der Waals surface area contributed by atoms with Crippen molar-refractivity contribution in [1.29, 1.82) is 0 Å². The van der Waals surface area contributed by atoms with Crippen molar-refractivity contribution in [3.05, 3.63) is 28.2 Å². The van der Waals surface area contributed by atoms with E-state index >= 15 is 0 Å². The van der Waals surface area contributed by atoms with Gasteiger partial charge in [0, 0.05) is 18.9 Å². The van der Waals surface area contributed by atoms with Crippen LogP contribution in [0.5, 0.6) is 5.75 Å². The summed E-state index contributed by atoms with van der Waals surface area (Å²) in [6, 6.07) is 1.45. The van der Waals surface area contributed by atoms with Gasteiger partial charge in [-0.15, -0.1) is 0 Å². The zero-order valence-corrected chi connectivity index (χ0v) is 12.1. The first-order valence-corrected chi connectivity index (χ1v) is 7.32. The molecule has 1 spiro atoms. The summed E-state index contributed by atoms with van der Waals surface area (Å²) >= 11 is 0. The maximum absolute atomic E-state index is 12.1. The predicted molar refractivity (Wildman–Crippen MR) is 74.8 cm³/mol. The van der Waals surface area contributed by atoms with E-state index in [-0.39, 0.29) is 23.5 Å². The van der Waals surface area contributed by atoms with Crippen LogP contribution in [0.25, 0.3) is 0 Å². The smallest absolute Gasteiger partial charge is 0.359 e. The Hall–Kier alpha value is -1.82. The van der Waals surface area contributed by atoms with Gasteiger partial charge in [-0.2, -0.15) is 0 Å². The van der Waals surface area contributed by atoms with Gasteiger partial charge in [0.1, 0.15) is 12.1 Å². The molecular formula is C15H19NO5. The number of cyclic esters (lactones) is 1. The molecule has 0 bridgehead atoms. The van der Waals surface area contributed by atoms with Gasteiger partial charge in [-0.1, -0.05) is 13.3 Å². The van der Waals surface area contributed by atoms with Crippen LogP contribution in [-0.4, -0.2) is 37.0 Å². The molecule has 0 N–H and O–H groups in total. The minimum Gasteiger partial charge on any atom is -0.487 e. The van der Waals surface area contributed by atoms with Crippen molar-refractivity contribution in [2.24, 2.45) is 0 Å². The molecular weight excluding hydrogens is 274 g/mol. The molecule has 6 nitrogen and oxygen atoms in total. The number of hydrogen-bond acceptors (Lipinski definition) is 5. The van der Waals surface area contributed by atoms with Crippen molar-refractivity contribution in [1.82, 2.24) is 4.57 Å². The van der Waals surface area contributed by atoms with Gasteiger partial charge >= 0.3 is 5.97 Å². The van der Waals surface area contributed by atoms with Gasteiger partial charge in [-0.05, 0) is 12.8 Å². The van der Waals surface area contributed by atoms with E-state index < -0.39 is 11.5 Å². The number of rotatable bonds is 4. The maximum atomic E-state index is 12.1. The zero-order valence-electron chi connectivity index (χ0n) is 12.1. The number of carbonyl (C=O) groups excluding carboxylic acids is 1. The Bertz CT molecular complexity index is 601. The average molecular weight is 293 g/mol. The van der Waals surface area contributed by atoms with Crippen LogP contribution in [0, 0.1) is 0 Å². The number of nitrogens with zero attached hydrogens (tertiary/aromatic N) is 1. The predicted octanol–water partition coefficient (Wildman–Crippen LogP) is 1.31. The van der Waals surface area contributed by atoms with E-state index in [1.165, 1.54) is 6.07 Å². The molecule has 1 aromatic heterocycles. The Morgan fingerprint density at radius 2 is 2.24 bits per heavy atom. The standard InChI is InChI=1S/C15H19NO5/c1-2-3-7-20-13-11(17)4-6-16-12(13)14(18)21-10-15(16)5-8-19-9-15/h4,6H,2-3,5,7-10H2,1H3. The van der Waals surface area contributed by atoms with Crippen LogP contribution in [0.4, 0.5) is 0 Å². The average Bonchev–Trinajstić information content (AvgIpc) is 2.95. The van der Waals surface area contributed by atoms with Crippen molar-refractivity contribution in [3.8, 4) is 5.75 Å². The van der Waals surface area contributed by atoms with Crippen molar-refractivity contribution >= 4 is 5.97 Å². The first-order chi connectivity index (χ1) is 10.2. The molecule has 3 rings (SSSR count). The molecule has 0 aliphatic carbocycles. The molecule has 3 heterocycles. The number of aromatic nitrogens is 1. The van der Waals surface area contributed by atoms with E-state index in [1.807, 2.05) is 11.5 Å². The van der Waals surface area contributed by atoms with Crippen molar-refractivity contribution < 1.29 is 19.0 Å². The normalized spacial score (nSPS) is 24.0. The summed E-state index contributed by atoms with van der Waals surface area (Å²) in [6.45, 7) is 3.82. The van der Waals surface area contributed by atoms with Crippen LogP contribution in [0.3, 0.4) is 0 Å². The second-order valence-corrected chi connectivity index (χ2v) is 5.53. The lowest BCUT2D eigenvalue weighted by atomic mass is 9.97. The summed E-state index contributed by atoms with van der Waals surface area (Å²) in [6.07, 6.45) is 4.19. The summed E-state index contributed by atoms with van der Waals surface area (Å²) in [5.41, 5.74) is -0.472. The number of carbonyl (C=O) groups is 1. The van der Waals surface area contributed by atoms with Crippen LogP contribution in [0.15, 0.2) is 17.1 Å². The van der Waals surface area contributed by atoms with E-state index in [9.17, 15) is 9.59 Å². The van der Waals surface area contributed by atoms with Crippen molar-refractivity contribution in [3.63, 3.8) is 0 Å². The minimum atomic E-state index is -0.503. The third-order valence-electron chi connectivity index (χ3n) is 4.06. The number of ether oxygens (including phenoxy) is 3. The quantitative estimate of drug-likeness (QED) is 0.618. The second kappa shape index (κ2) is 5.52. The number of esters is 1. The second-order valence-electron chi connectivity index (χ2n) is 5.53. The summed E-state index contributed by atoms with van der Waals surface area (Å²) < 4.78 is 18.1. The van der Waals surface area contributed by atoms with Gasteiger partial charge in [0.05, 0.1) is 13.2 Å². The largest absolute Gasteiger partial charge is 0.487 e. The van der Waals surface area contributed by atoms with Crippen molar-refractivity contribution in [2.75, 3.05) is 26.4 Å². The molecule has 1 aromatic rings. The molecule has 6 heteroatoms. The molecule has 1 fully saturated rings. The Morgan fingerprint density at radius 3 is 2.95 bits per heavy atom. The molecule has 1 saturated heterocycles. The van der Waals surface area contributed by atoms with Crippen LogP contribution in [0.1, 0.15) is 36.7 Å². The summed E-state index contributed by atoms with van der Waals surface area (Å²) in [4.78, 5) is 24.2. The maximum Gasteiger partial charge on any atom is 0.359 e. The van der Waals surface area contributed by atoms with Crippen molar-refractivity contribution in [2.45, 2.75) is 31.7 Å². The first-order valence-electron chi connectivity index (χ1n) is 7.32. The highest BCUT2D eigenvalue weighted by molar-refractivity contribution is 5.91. The zero-order chi connectivity index (χ0) is 14.9. The third-order valence-corrected chi connectivity index (χ3v) is 4.06. The SMILES string of the molecule is CCCCOc1c2n(ccc1=O)C1(CCOC1)COC2=O. The summed E-state index contributed by atoms with van der Waals surface area (Å²) in [5.74, 6) is -0.404. The van der Waals surface area contributed by atoms with Gasteiger partial charge in [0.15, 0.2) is 11.4 Å². The Labute approximate surface area is 122 Å². The molecule has 2 aliphatic heterocycles. The summed E-state index contributed by atoms with van der Waals surface area (Å²) in [5, 5.41) is 0. The molecule has 0 radical (unpaired) electrons. The van der Waals surface area contributed by atoms with Gasteiger partial charge in [-0.3, -0.25) is 4.79 Å². The highest BCUT2D eigenvalue weighted by atomic mass is 16.5. The van der Waals surface area contributed by atoms with Crippen LogP contribution >= 0.6 is 0 Å². The highest BCUT2D eigenvalue weighted by Gasteiger charge is 2.44. The minimum absolute atomic E-state index is 0.0990. The number of unbranched alkanes of at least 4 members (excludes halogenated alkanes) is 1. The van der Waals surface area contributed by atoms with Crippen LogP contribution < -0.4 is 10.2 Å². The Balaban J connectivity index is 2.06. The van der Waals surface area contributed by atoms with Gasteiger partial charge in [0.2, 0.25) is 5.43 Å². The van der Waals surface area contributed by atoms with E-state index in [1.54, 1.807) is 6.20 Å². The first kappa shape index (κ1) is 14.1. The molecule has 0 amide bonds. The Morgan fingerprint density at radius 1 is 1.38 bits per heavy atom. The molecule has 0 aromatic carbocycles. The number of pyridine rings is 1. The van der Waals surface area contributed by atoms with E-state index in [0.717, 1.165) is 19.3 Å². The fraction of sp³-hybridized carbons (Fsp3) is 0.600. The molecule has 1 atom stereocenters. The monoisotopic (exact) mass is 293 g/mol. The lowest BCUT2D eigenvalue weighted by molar-refractivity contribution is 0.00992. The van der Waals surface area contributed by atoms with E-state index in [0.29, 0.717) is 19.8 Å². The van der Waals surface area contributed by atoms with Crippen LogP contribution in [0.2, 0.25) is 0 Å². The molecule has 114 valence electrons. The fourth-order valence-electron chi connectivity index (χ4n) is 2.80. The molecule has 1 unspecified atom stereocenters. The third kappa shape index (κ3) is 2.33. The van der Waals surface area contributed by atoms with Crippen LogP contribution in [-0.2, 0) is 15.0 Å². The number of hydrogen-bond donors (Lipinski definition) is 0. The molecule has 0 saturated carbocycles. The molecule has 2 aliphatic rings. The van der Waals surface area contributed by atoms with Gasteiger partial charge in [-0.25, -0.2) is 4.79 Å². The topological polar surface area (TPSA) is 66.8 Å². The lowest BCUT2D eigenvalue weighted by Crippen LogP contribution is -2.47. The fourth-order valence-corrected chi connectivity index (χ4v) is 2.80. The van der Waals surface area contributed by atoms with E-state index in [4.69, 9.17) is 14.2 Å². The number of fused-ring (bicyclic) bond motifs is 2. The van der Waals surface area contributed by atoms with E-state index in [2.05, 4.69) is 0 Å². The van der Waals surface area contributed by atoms with Gasteiger partial charge in [0.25, 0.3) is 0 Å². The highest BCUT2D eigenvalue weighted by Crippen LogP contribution is 2.34. The Kier molecular flexibility index (Phi) is 3.71.